The van der Waals surface area contributed by atoms with Gasteiger partial charge in [-0.25, -0.2) is 14.1 Å². The van der Waals surface area contributed by atoms with Crippen LogP contribution in [0.4, 0.5) is 4.39 Å². The van der Waals surface area contributed by atoms with E-state index in [0.29, 0.717) is 17.2 Å². The number of hydrogen-bond acceptors (Lipinski definition) is 3. The summed E-state index contributed by atoms with van der Waals surface area (Å²) < 4.78 is 15.2. The summed E-state index contributed by atoms with van der Waals surface area (Å²) in [6, 6.07) is 3.05. The van der Waals surface area contributed by atoms with Crippen molar-refractivity contribution in [2.45, 2.75) is 25.3 Å². The molecule has 1 fully saturated rings. The van der Waals surface area contributed by atoms with E-state index in [4.69, 9.17) is 0 Å². The lowest BCUT2D eigenvalue weighted by Crippen LogP contribution is -2.04. The van der Waals surface area contributed by atoms with Gasteiger partial charge in [0.05, 0.1) is 18.4 Å². The van der Waals surface area contributed by atoms with Crippen molar-refractivity contribution >= 4 is 15.9 Å². The molecule has 1 saturated carbocycles. The zero-order valence-electron chi connectivity index (χ0n) is 8.98. The molecule has 0 unspecified atom stereocenters. The van der Waals surface area contributed by atoms with Crippen LogP contribution in [0.1, 0.15) is 30.3 Å². The van der Waals surface area contributed by atoms with E-state index in [9.17, 15) is 4.39 Å². The standard InChI is InChI=1S/C11H10BrFN4/c12-11-15-10(7-1-2-7)16-17(11)6-9-4-3-8(13)5-14-9/h3-5,7H,1-2,6H2. The van der Waals surface area contributed by atoms with Gasteiger partial charge in [0.25, 0.3) is 0 Å². The largest absolute Gasteiger partial charge is 0.256 e. The Kier molecular flexibility index (Phi) is 2.66. The van der Waals surface area contributed by atoms with Crippen molar-refractivity contribution in [2.24, 2.45) is 0 Å². The van der Waals surface area contributed by atoms with Crippen molar-refractivity contribution in [3.8, 4) is 0 Å². The highest BCUT2D eigenvalue weighted by atomic mass is 79.9. The predicted molar refractivity (Wildman–Crippen MR) is 63.0 cm³/mol. The van der Waals surface area contributed by atoms with Gasteiger partial charge in [-0.1, -0.05) is 0 Å². The minimum absolute atomic E-state index is 0.329. The molecule has 0 aliphatic heterocycles. The molecule has 17 heavy (non-hydrogen) atoms. The zero-order chi connectivity index (χ0) is 11.8. The molecular formula is C11H10BrFN4. The Morgan fingerprint density at radius 2 is 2.24 bits per heavy atom. The lowest BCUT2D eigenvalue weighted by molar-refractivity contribution is 0.609. The maximum atomic E-state index is 12.7. The molecule has 6 heteroatoms. The van der Waals surface area contributed by atoms with Gasteiger partial charge in [-0.05, 0) is 40.9 Å². The summed E-state index contributed by atoms with van der Waals surface area (Å²) in [7, 11) is 0. The number of nitrogens with zero attached hydrogens (tertiary/aromatic N) is 4. The lowest BCUT2D eigenvalue weighted by atomic mass is 10.3. The zero-order valence-corrected chi connectivity index (χ0v) is 10.6. The Bertz CT molecular complexity index is 533. The van der Waals surface area contributed by atoms with E-state index in [-0.39, 0.29) is 5.82 Å². The maximum absolute atomic E-state index is 12.7. The van der Waals surface area contributed by atoms with E-state index >= 15 is 0 Å². The third-order valence-electron chi connectivity index (χ3n) is 2.69. The summed E-state index contributed by atoms with van der Waals surface area (Å²) in [6.07, 6.45) is 3.55. The number of halogens is 2. The van der Waals surface area contributed by atoms with Crippen LogP contribution in [0.15, 0.2) is 23.1 Å². The van der Waals surface area contributed by atoms with E-state index < -0.39 is 0 Å². The van der Waals surface area contributed by atoms with Crippen molar-refractivity contribution in [1.29, 1.82) is 0 Å². The highest BCUT2D eigenvalue weighted by Crippen LogP contribution is 2.38. The highest BCUT2D eigenvalue weighted by Gasteiger charge is 2.28. The molecule has 1 aliphatic rings. The second kappa shape index (κ2) is 4.18. The quantitative estimate of drug-likeness (QED) is 0.874. The van der Waals surface area contributed by atoms with Gasteiger partial charge in [-0.3, -0.25) is 4.98 Å². The first kappa shape index (κ1) is 10.8. The van der Waals surface area contributed by atoms with Crippen LogP contribution in [0.5, 0.6) is 0 Å². The molecule has 2 heterocycles. The minimum atomic E-state index is -0.329. The van der Waals surface area contributed by atoms with Crippen LogP contribution in [0.25, 0.3) is 0 Å². The lowest BCUT2D eigenvalue weighted by Gasteiger charge is -2.01. The van der Waals surface area contributed by atoms with E-state index in [0.717, 1.165) is 11.5 Å². The first-order valence-electron chi connectivity index (χ1n) is 5.43. The summed E-state index contributed by atoms with van der Waals surface area (Å²) in [4.78, 5) is 8.35. The van der Waals surface area contributed by atoms with Crippen molar-refractivity contribution in [3.05, 3.63) is 40.4 Å². The van der Waals surface area contributed by atoms with E-state index in [1.54, 1.807) is 10.7 Å². The second-order valence-electron chi connectivity index (χ2n) is 4.14. The molecule has 88 valence electrons. The molecule has 0 N–H and O–H groups in total. The van der Waals surface area contributed by atoms with Gasteiger partial charge in [-0.15, -0.1) is 0 Å². The van der Waals surface area contributed by atoms with Crippen molar-refractivity contribution < 1.29 is 4.39 Å². The molecule has 0 saturated heterocycles. The fraction of sp³-hybridized carbons (Fsp3) is 0.364. The smallest absolute Gasteiger partial charge is 0.195 e. The van der Waals surface area contributed by atoms with Gasteiger partial charge in [-0.2, -0.15) is 5.10 Å². The average molecular weight is 297 g/mol. The maximum Gasteiger partial charge on any atom is 0.195 e. The van der Waals surface area contributed by atoms with E-state index in [2.05, 4.69) is 31.0 Å². The molecule has 0 atom stereocenters. The highest BCUT2D eigenvalue weighted by molar-refractivity contribution is 9.10. The van der Waals surface area contributed by atoms with Crippen LogP contribution >= 0.6 is 15.9 Å². The number of aromatic nitrogens is 4. The van der Waals surface area contributed by atoms with Crippen LogP contribution in [0.3, 0.4) is 0 Å². The van der Waals surface area contributed by atoms with Crippen LogP contribution in [0.2, 0.25) is 0 Å². The van der Waals surface area contributed by atoms with Crippen LogP contribution < -0.4 is 0 Å². The minimum Gasteiger partial charge on any atom is -0.256 e. The van der Waals surface area contributed by atoms with Gasteiger partial charge >= 0.3 is 0 Å². The Morgan fingerprint density at radius 3 is 2.88 bits per heavy atom. The van der Waals surface area contributed by atoms with Gasteiger partial charge < -0.3 is 0 Å². The summed E-state index contributed by atoms with van der Waals surface area (Å²) in [5.41, 5.74) is 0.763. The molecule has 4 nitrogen and oxygen atoms in total. The summed E-state index contributed by atoms with van der Waals surface area (Å²) in [5.74, 6) is 1.08. The van der Waals surface area contributed by atoms with Crippen LogP contribution in [-0.4, -0.2) is 19.7 Å². The second-order valence-corrected chi connectivity index (χ2v) is 4.85. The first-order chi connectivity index (χ1) is 8.22. The molecule has 0 radical (unpaired) electrons. The molecule has 2 aromatic rings. The summed E-state index contributed by atoms with van der Waals surface area (Å²) in [5, 5.41) is 4.41. The molecule has 1 aliphatic carbocycles. The van der Waals surface area contributed by atoms with Crippen molar-refractivity contribution in [1.82, 2.24) is 19.7 Å². The van der Waals surface area contributed by atoms with Gasteiger partial charge in [0, 0.05) is 5.92 Å². The normalized spacial score (nSPS) is 15.2. The Hall–Kier alpha value is -1.30. The third kappa shape index (κ3) is 2.36. The monoisotopic (exact) mass is 296 g/mol. The fourth-order valence-electron chi connectivity index (χ4n) is 1.61. The van der Waals surface area contributed by atoms with Crippen molar-refractivity contribution in [3.63, 3.8) is 0 Å². The number of pyridine rings is 1. The Morgan fingerprint density at radius 1 is 1.41 bits per heavy atom. The molecule has 0 aromatic carbocycles. The van der Waals surface area contributed by atoms with Gasteiger partial charge in [0.15, 0.2) is 10.6 Å². The third-order valence-corrected chi connectivity index (χ3v) is 3.27. The molecule has 0 amide bonds. The predicted octanol–water partition coefficient (Wildman–Crippen LogP) is 2.50. The summed E-state index contributed by atoms with van der Waals surface area (Å²) in [6.45, 7) is 0.501. The number of hydrogen-bond donors (Lipinski definition) is 0. The topological polar surface area (TPSA) is 43.6 Å². The SMILES string of the molecule is Fc1ccc(Cn2nc(C3CC3)nc2Br)nc1. The van der Waals surface area contributed by atoms with Gasteiger partial charge in [0.1, 0.15) is 5.82 Å². The molecule has 0 bridgehead atoms. The fourth-order valence-corrected chi connectivity index (χ4v) is 1.99. The summed E-state index contributed by atoms with van der Waals surface area (Å²) >= 11 is 3.37. The van der Waals surface area contributed by atoms with E-state index in [1.807, 2.05) is 0 Å². The van der Waals surface area contributed by atoms with Crippen LogP contribution in [0, 0.1) is 5.82 Å². The van der Waals surface area contributed by atoms with Crippen LogP contribution in [-0.2, 0) is 6.54 Å². The first-order valence-corrected chi connectivity index (χ1v) is 6.22. The average Bonchev–Trinajstić information content (AvgIpc) is 3.09. The molecule has 3 rings (SSSR count). The van der Waals surface area contributed by atoms with Crippen molar-refractivity contribution in [2.75, 3.05) is 0 Å². The number of rotatable bonds is 3. The Labute approximate surface area is 106 Å². The molecular weight excluding hydrogens is 287 g/mol. The van der Waals surface area contributed by atoms with Gasteiger partial charge in [0.2, 0.25) is 0 Å². The molecule has 0 spiro atoms. The Balaban J connectivity index is 1.81. The van der Waals surface area contributed by atoms with E-state index in [1.165, 1.54) is 25.1 Å². The molecule has 2 aromatic heterocycles.